The molecule has 4 nitrogen and oxygen atoms in total. The molecule has 106 valence electrons. The van der Waals surface area contributed by atoms with E-state index in [-0.39, 0.29) is 0 Å². The van der Waals surface area contributed by atoms with Gasteiger partial charge in [-0.2, -0.15) is 0 Å². The van der Waals surface area contributed by atoms with Crippen LogP contribution in [0, 0.1) is 0 Å². The van der Waals surface area contributed by atoms with Crippen molar-refractivity contribution in [3.63, 3.8) is 0 Å². The molecule has 2 aromatic heterocycles. The number of fused-ring (bicyclic) bond motifs is 1. The monoisotopic (exact) mass is 298 g/mol. The Kier molecular flexibility index (Phi) is 3.92. The molecule has 0 aliphatic carbocycles. The van der Waals surface area contributed by atoms with Crippen molar-refractivity contribution in [3.05, 3.63) is 48.8 Å². The summed E-state index contributed by atoms with van der Waals surface area (Å²) in [5, 5.41) is 0.854. The maximum Gasteiger partial charge on any atom is 0.215 e. The molecule has 0 saturated carbocycles. The summed E-state index contributed by atoms with van der Waals surface area (Å²) >= 11 is 1.70. The lowest BCUT2D eigenvalue weighted by atomic mass is 10.2. The van der Waals surface area contributed by atoms with Crippen LogP contribution in [-0.4, -0.2) is 23.3 Å². The van der Waals surface area contributed by atoms with Crippen LogP contribution < -0.4 is 9.47 Å². The van der Waals surface area contributed by atoms with E-state index < -0.39 is 0 Å². The molecule has 0 spiro atoms. The first-order valence-electron chi connectivity index (χ1n) is 6.41. The molecule has 3 aromatic rings. The quantitative estimate of drug-likeness (QED) is 0.677. The predicted molar refractivity (Wildman–Crippen MR) is 84.4 cm³/mol. The Hall–Kier alpha value is -2.27. The molecular weight excluding hydrogens is 284 g/mol. The fraction of sp³-hybridized carbons (Fsp3) is 0.125. The number of aromatic nitrogens is 2. The number of benzene rings is 1. The van der Waals surface area contributed by atoms with Crippen molar-refractivity contribution in [1.29, 1.82) is 0 Å². The first-order chi connectivity index (χ1) is 10.3. The molecule has 0 bridgehead atoms. The Balaban J connectivity index is 1.95. The Morgan fingerprint density at radius 2 is 1.86 bits per heavy atom. The molecule has 0 aliphatic heterocycles. The molecule has 5 heteroatoms. The molecule has 0 N–H and O–H groups in total. The van der Waals surface area contributed by atoms with Crippen LogP contribution in [-0.2, 0) is 0 Å². The molecule has 0 saturated heterocycles. The third-order valence-corrected chi connectivity index (χ3v) is 3.80. The van der Waals surface area contributed by atoms with E-state index in [1.54, 1.807) is 37.3 Å². The highest BCUT2D eigenvalue weighted by molar-refractivity contribution is 7.98. The lowest BCUT2D eigenvalue weighted by Gasteiger charge is -2.09. The van der Waals surface area contributed by atoms with Gasteiger partial charge in [-0.1, -0.05) is 0 Å². The van der Waals surface area contributed by atoms with Gasteiger partial charge < -0.3 is 9.47 Å². The van der Waals surface area contributed by atoms with Gasteiger partial charge in [-0.05, 0) is 36.6 Å². The van der Waals surface area contributed by atoms with Gasteiger partial charge in [-0.3, -0.25) is 4.98 Å². The molecule has 0 amide bonds. The highest BCUT2D eigenvalue weighted by Gasteiger charge is 2.06. The van der Waals surface area contributed by atoms with E-state index >= 15 is 0 Å². The SMILES string of the molecule is COc1cc2nccc(Oc3ccc(SC)cc3)c2cn1. The summed E-state index contributed by atoms with van der Waals surface area (Å²) in [6.07, 6.45) is 5.48. The third kappa shape index (κ3) is 2.92. The number of hydrogen-bond donors (Lipinski definition) is 0. The van der Waals surface area contributed by atoms with Crippen molar-refractivity contribution in [2.75, 3.05) is 13.4 Å². The number of methoxy groups -OCH3 is 1. The van der Waals surface area contributed by atoms with Crippen LogP contribution in [0.2, 0.25) is 0 Å². The second kappa shape index (κ2) is 6.01. The fourth-order valence-corrected chi connectivity index (χ4v) is 2.38. The van der Waals surface area contributed by atoms with E-state index in [2.05, 4.69) is 9.97 Å². The first-order valence-corrected chi connectivity index (χ1v) is 7.63. The Morgan fingerprint density at radius 3 is 2.57 bits per heavy atom. The van der Waals surface area contributed by atoms with Crippen molar-refractivity contribution in [3.8, 4) is 17.4 Å². The topological polar surface area (TPSA) is 44.2 Å². The van der Waals surface area contributed by atoms with Crippen molar-refractivity contribution >= 4 is 22.7 Å². The number of rotatable bonds is 4. The Bertz CT molecular complexity index is 760. The van der Waals surface area contributed by atoms with E-state index in [1.165, 1.54) is 4.90 Å². The zero-order chi connectivity index (χ0) is 14.7. The second-order valence-electron chi connectivity index (χ2n) is 4.33. The minimum Gasteiger partial charge on any atom is -0.481 e. The van der Waals surface area contributed by atoms with Crippen molar-refractivity contribution < 1.29 is 9.47 Å². The molecule has 1 aromatic carbocycles. The van der Waals surface area contributed by atoms with Crippen LogP contribution in [0.1, 0.15) is 0 Å². The molecule has 0 fully saturated rings. The van der Waals surface area contributed by atoms with E-state index in [0.29, 0.717) is 5.88 Å². The normalized spacial score (nSPS) is 10.6. The highest BCUT2D eigenvalue weighted by Crippen LogP contribution is 2.30. The number of thioether (sulfide) groups is 1. The molecule has 0 unspecified atom stereocenters. The van der Waals surface area contributed by atoms with Crippen LogP contribution in [0.5, 0.6) is 17.4 Å². The van der Waals surface area contributed by atoms with E-state index in [1.807, 2.05) is 36.6 Å². The van der Waals surface area contributed by atoms with Crippen LogP contribution >= 0.6 is 11.8 Å². The maximum atomic E-state index is 5.93. The van der Waals surface area contributed by atoms with Crippen LogP contribution in [0.25, 0.3) is 10.9 Å². The zero-order valence-corrected chi connectivity index (χ0v) is 12.6. The predicted octanol–water partition coefficient (Wildman–Crippen LogP) is 4.15. The summed E-state index contributed by atoms with van der Waals surface area (Å²) < 4.78 is 11.0. The Morgan fingerprint density at radius 1 is 1.05 bits per heavy atom. The second-order valence-corrected chi connectivity index (χ2v) is 5.21. The average molecular weight is 298 g/mol. The minimum atomic E-state index is 0.538. The standard InChI is InChI=1S/C16H14N2O2S/c1-19-16-9-14-13(10-18-16)15(7-8-17-14)20-11-3-5-12(21-2)6-4-11/h3-10H,1-2H3. The van der Waals surface area contributed by atoms with E-state index in [0.717, 1.165) is 22.4 Å². The van der Waals surface area contributed by atoms with Gasteiger partial charge in [0.25, 0.3) is 0 Å². The van der Waals surface area contributed by atoms with Crippen LogP contribution in [0.3, 0.4) is 0 Å². The zero-order valence-electron chi connectivity index (χ0n) is 11.7. The van der Waals surface area contributed by atoms with Gasteiger partial charge in [-0.25, -0.2) is 4.98 Å². The molecule has 0 radical (unpaired) electrons. The summed E-state index contributed by atoms with van der Waals surface area (Å²) in [4.78, 5) is 9.73. The van der Waals surface area contributed by atoms with Gasteiger partial charge in [0.05, 0.1) is 18.0 Å². The van der Waals surface area contributed by atoms with Gasteiger partial charge in [0.15, 0.2) is 0 Å². The fourth-order valence-electron chi connectivity index (χ4n) is 1.97. The minimum absolute atomic E-state index is 0.538. The Labute approximate surface area is 127 Å². The van der Waals surface area contributed by atoms with Gasteiger partial charge in [0, 0.05) is 23.4 Å². The summed E-state index contributed by atoms with van der Waals surface area (Å²) in [6, 6.07) is 11.6. The van der Waals surface area contributed by atoms with E-state index in [4.69, 9.17) is 9.47 Å². The number of ether oxygens (including phenoxy) is 2. The summed E-state index contributed by atoms with van der Waals surface area (Å²) in [6.45, 7) is 0. The smallest absolute Gasteiger partial charge is 0.215 e. The average Bonchev–Trinajstić information content (AvgIpc) is 2.55. The largest absolute Gasteiger partial charge is 0.481 e. The number of nitrogens with zero attached hydrogens (tertiary/aromatic N) is 2. The third-order valence-electron chi connectivity index (χ3n) is 3.06. The van der Waals surface area contributed by atoms with Crippen LogP contribution in [0.4, 0.5) is 0 Å². The summed E-state index contributed by atoms with van der Waals surface area (Å²) in [5.74, 6) is 2.06. The number of pyridine rings is 2. The molecule has 2 heterocycles. The van der Waals surface area contributed by atoms with Crippen molar-refractivity contribution in [1.82, 2.24) is 9.97 Å². The van der Waals surface area contributed by atoms with E-state index in [9.17, 15) is 0 Å². The summed E-state index contributed by atoms with van der Waals surface area (Å²) in [7, 11) is 1.59. The van der Waals surface area contributed by atoms with Gasteiger partial charge in [-0.15, -0.1) is 11.8 Å². The van der Waals surface area contributed by atoms with Crippen molar-refractivity contribution in [2.24, 2.45) is 0 Å². The lowest BCUT2D eigenvalue weighted by Crippen LogP contribution is -1.91. The van der Waals surface area contributed by atoms with Gasteiger partial charge in [0.2, 0.25) is 5.88 Å². The van der Waals surface area contributed by atoms with Gasteiger partial charge >= 0.3 is 0 Å². The molecule has 21 heavy (non-hydrogen) atoms. The van der Waals surface area contributed by atoms with Gasteiger partial charge in [0.1, 0.15) is 11.5 Å². The highest BCUT2D eigenvalue weighted by atomic mass is 32.2. The molecule has 3 rings (SSSR count). The summed E-state index contributed by atoms with van der Waals surface area (Å²) in [5.41, 5.74) is 0.792. The first kappa shape index (κ1) is 13.7. The van der Waals surface area contributed by atoms with Crippen LogP contribution in [0.15, 0.2) is 53.7 Å². The molecule has 0 atom stereocenters. The number of hydrogen-bond acceptors (Lipinski definition) is 5. The lowest BCUT2D eigenvalue weighted by molar-refractivity contribution is 0.398. The maximum absolute atomic E-state index is 5.93. The molecule has 0 aliphatic rings. The molecular formula is C16H14N2O2S. The van der Waals surface area contributed by atoms with Crippen molar-refractivity contribution in [2.45, 2.75) is 4.90 Å².